The number of aliphatic hydroxyl groups excluding tert-OH is 1. The molecule has 0 aliphatic carbocycles. The second-order valence-corrected chi connectivity index (χ2v) is 4.99. The topological polar surface area (TPSA) is 113 Å². The molecule has 5 N–H and O–H groups in total. The van der Waals surface area contributed by atoms with E-state index in [1.807, 2.05) is 24.3 Å². The SMILES string of the molecule is Nc1nc(NCCCCO)c2ccc(-c3ccn[nH]3)cc2n1. The minimum Gasteiger partial charge on any atom is -0.396 e. The van der Waals surface area contributed by atoms with E-state index < -0.39 is 0 Å². The number of aliphatic hydroxyl groups is 1. The molecule has 0 unspecified atom stereocenters. The standard InChI is InChI=1S/C15H18N6O/c16-15-19-13-9-10(12-5-7-18-21-12)3-4-11(13)14(20-15)17-6-1-2-8-22/h3-5,7,9,22H,1-2,6,8H2,(H,18,21)(H3,16,17,19,20). The van der Waals surface area contributed by atoms with E-state index in [1.54, 1.807) is 6.20 Å². The molecule has 0 spiro atoms. The summed E-state index contributed by atoms with van der Waals surface area (Å²) in [7, 11) is 0. The lowest BCUT2D eigenvalue weighted by atomic mass is 10.1. The number of H-pyrrole nitrogens is 1. The molecular weight excluding hydrogens is 280 g/mol. The van der Waals surface area contributed by atoms with E-state index in [1.165, 1.54) is 0 Å². The van der Waals surface area contributed by atoms with Crippen molar-refractivity contribution in [2.24, 2.45) is 0 Å². The average molecular weight is 298 g/mol. The first-order valence-corrected chi connectivity index (χ1v) is 7.19. The molecule has 0 radical (unpaired) electrons. The van der Waals surface area contributed by atoms with Gasteiger partial charge in [0.2, 0.25) is 5.95 Å². The fourth-order valence-electron chi connectivity index (χ4n) is 2.31. The molecular formula is C15H18N6O. The van der Waals surface area contributed by atoms with Crippen LogP contribution < -0.4 is 11.1 Å². The third-order valence-corrected chi connectivity index (χ3v) is 3.40. The number of nitrogens with one attached hydrogen (secondary N) is 2. The normalized spacial score (nSPS) is 11.0. The molecule has 0 bridgehead atoms. The Morgan fingerprint density at radius 2 is 2.09 bits per heavy atom. The van der Waals surface area contributed by atoms with Crippen molar-refractivity contribution in [2.75, 3.05) is 24.2 Å². The van der Waals surface area contributed by atoms with E-state index in [-0.39, 0.29) is 12.6 Å². The van der Waals surface area contributed by atoms with Gasteiger partial charge in [-0.2, -0.15) is 10.1 Å². The highest BCUT2D eigenvalue weighted by molar-refractivity contribution is 5.92. The number of hydrogen-bond acceptors (Lipinski definition) is 6. The summed E-state index contributed by atoms with van der Waals surface area (Å²) in [5.41, 5.74) is 8.51. The number of nitrogens with zero attached hydrogens (tertiary/aromatic N) is 3. The maximum atomic E-state index is 8.82. The number of anilines is 2. The zero-order valence-corrected chi connectivity index (χ0v) is 12.1. The third-order valence-electron chi connectivity index (χ3n) is 3.40. The highest BCUT2D eigenvalue weighted by atomic mass is 16.2. The number of aromatic nitrogens is 4. The number of hydrogen-bond donors (Lipinski definition) is 4. The summed E-state index contributed by atoms with van der Waals surface area (Å²) in [4.78, 5) is 8.57. The Bertz CT molecular complexity index is 756. The molecule has 3 aromatic rings. The van der Waals surface area contributed by atoms with E-state index in [4.69, 9.17) is 10.8 Å². The number of aromatic amines is 1. The lowest BCUT2D eigenvalue weighted by Gasteiger charge is -2.10. The maximum absolute atomic E-state index is 8.82. The van der Waals surface area contributed by atoms with Gasteiger partial charge in [0.15, 0.2) is 0 Å². The van der Waals surface area contributed by atoms with Crippen LogP contribution in [-0.2, 0) is 0 Å². The lowest BCUT2D eigenvalue weighted by Crippen LogP contribution is -2.07. The van der Waals surface area contributed by atoms with E-state index >= 15 is 0 Å². The van der Waals surface area contributed by atoms with Crippen LogP contribution in [0.25, 0.3) is 22.2 Å². The molecule has 22 heavy (non-hydrogen) atoms. The number of benzene rings is 1. The molecule has 7 nitrogen and oxygen atoms in total. The van der Waals surface area contributed by atoms with Crippen LogP contribution in [0.5, 0.6) is 0 Å². The molecule has 0 aliphatic heterocycles. The van der Waals surface area contributed by atoms with E-state index in [2.05, 4.69) is 25.5 Å². The summed E-state index contributed by atoms with van der Waals surface area (Å²) < 4.78 is 0. The fraction of sp³-hybridized carbons (Fsp3) is 0.267. The number of unbranched alkanes of at least 4 members (excludes halogenated alkanes) is 1. The molecule has 3 rings (SSSR count). The van der Waals surface area contributed by atoms with Crippen molar-refractivity contribution in [1.29, 1.82) is 0 Å². The summed E-state index contributed by atoms with van der Waals surface area (Å²) >= 11 is 0. The Morgan fingerprint density at radius 1 is 1.18 bits per heavy atom. The van der Waals surface area contributed by atoms with Crippen LogP contribution in [0.15, 0.2) is 30.5 Å². The zero-order valence-electron chi connectivity index (χ0n) is 12.1. The summed E-state index contributed by atoms with van der Waals surface area (Å²) in [5, 5.41) is 19.9. The number of rotatable bonds is 6. The Balaban J connectivity index is 1.92. The molecule has 0 fully saturated rings. The van der Waals surface area contributed by atoms with Gasteiger partial charge in [0, 0.05) is 30.3 Å². The number of nitrogen functional groups attached to an aromatic ring is 1. The largest absolute Gasteiger partial charge is 0.396 e. The molecule has 0 aliphatic rings. The first-order chi connectivity index (χ1) is 10.8. The zero-order chi connectivity index (χ0) is 15.4. The molecule has 0 atom stereocenters. The molecule has 0 amide bonds. The van der Waals surface area contributed by atoms with Gasteiger partial charge in [-0.05, 0) is 31.0 Å². The first kappa shape index (κ1) is 14.3. The number of fused-ring (bicyclic) bond motifs is 1. The molecule has 2 heterocycles. The van der Waals surface area contributed by atoms with Crippen LogP contribution in [0.3, 0.4) is 0 Å². The predicted molar refractivity (Wildman–Crippen MR) is 86.3 cm³/mol. The van der Waals surface area contributed by atoms with Crippen LogP contribution in [0.4, 0.5) is 11.8 Å². The highest BCUT2D eigenvalue weighted by Gasteiger charge is 2.08. The molecule has 0 saturated carbocycles. The fourth-order valence-corrected chi connectivity index (χ4v) is 2.31. The minimum atomic E-state index is 0.196. The van der Waals surface area contributed by atoms with Crippen molar-refractivity contribution in [3.8, 4) is 11.3 Å². The summed E-state index contributed by atoms with van der Waals surface area (Å²) in [5.74, 6) is 0.954. The van der Waals surface area contributed by atoms with Crippen molar-refractivity contribution in [2.45, 2.75) is 12.8 Å². The van der Waals surface area contributed by atoms with Gasteiger partial charge in [-0.25, -0.2) is 4.98 Å². The van der Waals surface area contributed by atoms with Gasteiger partial charge in [-0.3, -0.25) is 5.10 Å². The van der Waals surface area contributed by atoms with Gasteiger partial charge in [0.25, 0.3) is 0 Å². The third kappa shape index (κ3) is 2.99. The van der Waals surface area contributed by atoms with Gasteiger partial charge in [0.05, 0.1) is 11.2 Å². The summed E-state index contributed by atoms with van der Waals surface area (Å²) in [6.45, 7) is 0.927. The summed E-state index contributed by atoms with van der Waals surface area (Å²) in [6.07, 6.45) is 3.34. The van der Waals surface area contributed by atoms with Crippen molar-refractivity contribution in [1.82, 2.24) is 20.2 Å². The van der Waals surface area contributed by atoms with Gasteiger partial charge in [0.1, 0.15) is 5.82 Å². The average Bonchev–Trinajstić information content (AvgIpc) is 3.05. The molecule has 1 aromatic carbocycles. The lowest BCUT2D eigenvalue weighted by molar-refractivity contribution is 0.286. The Morgan fingerprint density at radius 3 is 2.86 bits per heavy atom. The summed E-state index contributed by atoms with van der Waals surface area (Å²) in [6, 6.07) is 7.83. The second-order valence-electron chi connectivity index (χ2n) is 4.99. The first-order valence-electron chi connectivity index (χ1n) is 7.19. The molecule has 7 heteroatoms. The van der Waals surface area contributed by atoms with Crippen LogP contribution in [0.2, 0.25) is 0 Å². The van der Waals surface area contributed by atoms with E-state index in [0.717, 1.165) is 47.4 Å². The Labute approximate surface area is 127 Å². The van der Waals surface area contributed by atoms with Crippen LogP contribution in [0.1, 0.15) is 12.8 Å². The van der Waals surface area contributed by atoms with E-state index in [0.29, 0.717) is 0 Å². The predicted octanol–water partition coefficient (Wildman–Crippen LogP) is 1.79. The Hall–Kier alpha value is -2.67. The van der Waals surface area contributed by atoms with Gasteiger partial charge < -0.3 is 16.2 Å². The van der Waals surface area contributed by atoms with Gasteiger partial charge >= 0.3 is 0 Å². The van der Waals surface area contributed by atoms with Crippen molar-refractivity contribution in [3.05, 3.63) is 30.5 Å². The second kappa shape index (κ2) is 6.40. The Kier molecular flexibility index (Phi) is 4.15. The quantitative estimate of drug-likeness (QED) is 0.516. The van der Waals surface area contributed by atoms with Crippen molar-refractivity contribution >= 4 is 22.7 Å². The molecule has 2 aromatic heterocycles. The maximum Gasteiger partial charge on any atom is 0.222 e. The van der Waals surface area contributed by atoms with Crippen molar-refractivity contribution < 1.29 is 5.11 Å². The van der Waals surface area contributed by atoms with E-state index in [9.17, 15) is 0 Å². The van der Waals surface area contributed by atoms with Gasteiger partial charge in [-0.1, -0.05) is 6.07 Å². The monoisotopic (exact) mass is 298 g/mol. The van der Waals surface area contributed by atoms with Gasteiger partial charge in [-0.15, -0.1) is 0 Å². The smallest absolute Gasteiger partial charge is 0.222 e. The molecule has 114 valence electrons. The highest BCUT2D eigenvalue weighted by Crippen LogP contribution is 2.26. The van der Waals surface area contributed by atoms with Crippen LogP contribution >= 0.6 is 0 Å². The van der Waals surface area contributed by atoms with Crippen LogP contribution in [0, 0.1) is 0 Å². The number of nitrogens with two attached hydrogens (primary N) is 1. The minimum absolute atomic E-state index is 0.196. The molecule has 0 saturated heterocycles. The van der Waals surface area contributed by atoms with Crippen LogP contribution in [-0.4, -0.2) is 38.4 Å². The van der Waals surface area contributed by atoms with Crippen molar-refractivity contribution in [3.63, 3.8) is 0 Å².